The summed E-state index contributed by atoms with van der Waals surface area (Å²) in [4.78, 5) is 20.0. The van der Waals surface area contributed by atoms with E-state index in [1.807, 2.05) is 42.5 Å². The summed E-state index contributed by atoms with van der Waals surface area (Å²) in [5.41, 5.74) is 0.109. The Hall–Kier alpha value is -2.44. The van der Waals surface area contributed by atoms with Crippen molar-refractivity contribution in [2.75, 3.05) is 18.0 Å². The van der Waals surface area contributed by atoms with Crippen molar-refractivity contribution in [1.29, 1.82) is 0 Å². The lowest BCUT2D eigenvalue weighted by molar-refractivity contribution is -0.136. The standard InChI is InChI=1S/C27H33N3O3/c31-25(29-24-19-13-18-14-20(24)17-26(32,15-18)16-19)22-7-4-8-23(28-22)30-11-9-27(33,10-12-30)21-5-2-1-3-6-21/h1-8,18-20,24,32-33H,9-17H2,(H,29,31)/t18?,19?,20?,24-,26-. The van der Waals surface area contributed by atoms with E-state index < -0.39 is 11.2 Å². The third kappa shape index (κ3) is 3.83. The molecule has 7 rings (SSSR count). The van der Waals surface area contributed by atoms with Gasteiger partial charge in [-0.2, -0.15) is 0 Å². The minimum atomic E-state index is -0.809. The Morgan fingerprint density at radius 3 is 2.30 bits per heavy atom. The molecule has 2 aromatic rings. The number of nitrogens with zero attached hydrogens (tertiary/aromatic N) is 2. The van der Waals surface area contributed by atoms with Crippen LogP contribution in [0.3, 0.4) is 0 Å². The number of aromatic nitrogens is 1. The van der Waals surface area contributed by atoms with Gasteiger partial charge in [0.25, 0.3) is 5.91 Å². The van der Waals surface area contributed by atoms with Gasteiger partial charge in [-0.15, -0.1) is 0 Å². The zero-order chi connectivity index (χ0) is 22.6. The van der Waals surface area contributed by atoms with E-state index in [2.05, 4.69) is 10.2 Å². The van der Waals surface area contributed by atoms with Crippen LogP contribution in [-0.4, -0.2) is 45.8 Å². The van der Waals surface area contributed by atoms with Crippen LogP contribution >= 0.6 is 0 Å². The van der Waals surface area contributed by atoms with E-state index in [9.17, 15) is 15.0 Å². The fourth-order valence-corrected chi connectivity index (χ4v) is 7.31. The normalized spacial score (nSPS) is 34.3. The molecule has 1 saturated heterocycles. The van der Waals surface area contributed by atoms with Gasteiger partial charge >= 0.3 is 0 Å². The number of hydrogen-bond acceptors (Lipinski definition) is 5. The predicted molar refractivity (Wildman–Crippen MR) is 126 cm³/mol. The Morgan fingerprint density at radius 2 is 1.64 bits per heavy atom. The molecule has 5 fully saturated rings. The van der Waals surface area contributed by atoms with Gasteiger partial charge in [-0.3, -0.25) is 4.79 Å². The first-order valence-electron chi connectivity index (χ1n) is 12.4. The zero-order valence-corrected chi connectivity index (χ0v) is 19.0. The third-order valence-corrected chi connectivity index (χ3v) is 8.73. The van der Waals surface area contributed by atoms with Crippen LogP contribution in [0.25, 0.3) is 0 Å². The van der Waals surface area contributed by atoms with E-state index in [-0.39, 0.29) is 11.9 Å². The summed E-state index contributed by atoms with van der Waals surface area (Å²) in [6.07, 6.45) is 6.08. The second kappa shape index (κ2) is 7.81. The van der Waals surface area contributed by atoms with Crippen molar-refractivity contribution >= 4 is 11.7 Å². The SMILES string of the molecule is O=C(N[C@H]1C2CC3CC1C[C@](O)(C3)C2)c1cccc(N2CCC(O)(c3ccccc3)CC2)n1. The highest BCUT2D eigenvalue weighted by Crippen LogP contribution is 2.55. The van der Waals surface area contributed by atoms with Crippen LogP contribution < -0.4 is 10.2 Å². The number of aliphatic hydroxyl groups is 2. The molecule has 0 spiro atoms. The molecule has 4 aliphatic carbocycles. The molecule has 4 bridgehead atoms. The Labute approximate surface area is 195 Å². The molecule has 1 aromatic heterocycles. The summed E-state index contributed by atoms with van der Waals surface area (Å²) in [6.45, 7) is 1.38. The van der Waals surface area contributed by atoms with Crippen molar-refractivity contribution in [3.8, 4) is 0 Å². The largest absolute Gasteiger partial charge is 0.390 e. The number of hydrogen-bond donors (Lipinski definition) is 3. The molecule has 4 saturated carbocycles. The van der Waals surface area contributed by atoms with Crippen molar-refractivity contribution in [2.24, 2.45) is 17.8 Å². The quantitative estimate of drug-likeness (QED) is 0.670. The first-order chi connectivity index (χ1) is 15.9. The number of benzene rings is 1. The third-order valence-electron chi connectivity index (χ3n) is 8.73. The van der Waals surface area contributed by atoms with Gasteiger partial charge in [0.1, 0.15) is 11.5 Å². The topological polar surface area (TPSA) is 85.7 Å². The summed E-state index contributed by atoms with van der Waals surface area (Å²) in [5.74, 6) is 2.06. The van der Waals surface area contributed by atoms with Gasteiger partial charge in [0.2, 0.25) is 0 Å². The van der Waals surface area contributed by atoms with E-state index in [1.165, 1.54) is 0 Å². The van der Waals surface area contributed by atoms with Gasteiger partial charge in [-0.25, -0.2) is 4.98 Å². The number of amides is 1. The average molecular weight is 448 g/mol. The van der Waals surface area contributed by atoms with Crippen LogP contribution in [0, 0.1) is 17.8 Å². The molecule has 6 heteroatoms. The minimum Gasteiger partial charge on any atom is -0.390 e. The summed E-state index contributed by atoms with van der Waals surface area (Å²) in [5, 5.41) is 25.2. The van der Waals surface area contributed by atoms with Crippen LogP contribution in [0.1, 0.15) is 61.0 Å². The highest BCUT2D eigenvalue weighted by molar-refractivity contribution is 5.93. The fraction of sp³-hybridized carbons (Fsp3) is 0.556. The Kier molecular flexibility index (Phi) is 5.00. The lowest BCUT2D eigenvalue weighted by Gasteiger charge is -2.58. The Balaban J connectivity index is 1.12. The highest BCUT2D eigenvalue weighted by atomic mass is 16.3. The smallest absolute Gasteiger partial charge is 0.270 e. The lowest BCUT2D eigenvalue weighted by Crippen LogP contribution is -2.61. The van der Waals surface area contributed by atoms with Crippen LogP contribution in [0.2, 0.25) is 0 Å². The van der Waals surface area contributed by atoms with E-state index >= 15 is 0 Å². The van der Waals surface area contributed by atoms with Gasteiger partial charge < -0.3 is 20.4 Å². The van der Waals surface area contributed by atoms with Crippen LogP contribution in [-0.2, 0) is 5.60 Å². The van der Waals surface area contributed by atoms with Gasteiger partial charge in [0, 0.05) is 19.1 Å². The van der Waals surface area contributed by atoms with E-state index in [0.717, 1.165) is 43.5 Å². The van der Waals surface area contributed by atoms with Gasteiger partial charge in [-0.1, -0.05) is 36.4 Å². The van der Waals surface area contributed by atoms with E-state index in [4.69, 9.17) is 4.98 Å². The molecule has 2 unspecified atom stereocenters. The molecular formula is C27H33N3O3. The summed E-state index contributed by atoms with van der Waals surface area (Å²) < 4.78 is 0. The second-order valence-corrected chi connectivity index (χ2v) is 11.0. The number of carbonyl (C=O) groups is 1. The van der Waals surface area contributed by atoms with Gasteiger partial charge in [0.15, 0.2) is 0 Å². The summed E-state index contributed by atoms with van der Waals surface area (Å²) in [6, 6.07) is 15.6. The first kappa shape index (κ1) is 21.1. The van der Waals surface area contributed by atoms with Gasteiger partial charge in [0.05, 0.1) is 11.2 Å². The van der Waals surface area contributed by atoms with Crippen molar-refractivity contribution in [3.63, 3.8) is 0 Å². The summed E-state index contributed by atoms with van der Waals surface area (Å²) >= 11 is 0. The van der Waals surface area contributed by atoms with Gasteiger partial charge in [-0.05, 0) is 80.4 Å². The average Bonchev–Trinajstić information content (AvgIpc) is 2.81. The zero-order valence-electron chi connectivity index (χ0n) is 19.0. The maximum Gasteiger partial charge on any atom is 0.270 e. The molecule has 5 aliphatic rings. The van der Waals surface area contributed by atoms with Crippen molar-refractivity contribution in [3.05, 3.63) is 59.8 Å². The number of rotatable bonds is 4. The molecule has 2 heterocycles. The minimum absolute atomic E-state index is 0.112. The van der Waals surface area contributed by atoms with Crippen molar-refractivity contribution in [2.45, 2.75) is 62.2 Å². The first-order valence-corrected chi connectivity index (χ1v) is 12.4. The molecule has 1 aliphatic heterocycles. The number of pyridine rings is 1. The van der Waals surface area contributed by atoms with Crippen LogP contribution in [0.15, 0.2) is 48.5 Å². The monoisotopic (exact) mass is 447 g/mol. The van der Waals surface area contributed by atoms with E-state index in [0.29, 0.717) is 49.4 Å². The van der Waals surface area contributed by atoms with Crippen LogP contribution in [0.4, 0.5) is 5.82 Å². The molecule has 2 atom stereocenters. The second-order valence-electron chi connectivity index (χ2n) is 11.0. The van der Waals surface area contributed by atoms with E-state index in [1.54, 1.807) is 6.07 Å². The Morgan fingerprint density at radius 1 is 0.939 bits per heavy atom. The van der Waals surface area contributed by atoms with Crippen LogP contribution in [0.5, 0.6) is 0 Å². The fourth-order valence-electron chi connectivity index (χ4n) is 7.31. The lowest BCUT2D eigenvalue weighted by atomic mass is 9.52. The highest BCUT2D eigenvalue weighted by Gasteiger charge is 2.55. The maximum atomic E-state index is 13.1. The molecule has 1 aromatic carbocycles. The molecule has 0 radical (unpaired) electrons. The number of piperidine rings is 1. The maximum absolute atomic E-state index is 13.1. The summed E-state index contributed by atoms with van der Waals surface area (Å²) in [7, 11) is 0. The Bertz CT molecular complexity index is 1020. The van der Waals surface area contributed by atoms with Crippen molar-refractivity contribution < 1.29 is 15.0 Å². The molecule has 3 N–H and O–H groups in total. The number of anilines is 1. The molecule has 174 valence electrons. The molecule has 33 heavy (non-hydrogen) atoms. The molecule has 6 nitrogen and oxygen atoms in total. The molecular weight excluding hydrogens is 414 g/mol. The molecule has 1 amide bonds. The number of nitrogens with one attached hydrogen (secondary N) is 1. The number of carbonyl (C=O) groups excluding carboxylic acids is 1. The van der Waals surface area contributed by atoms with Crippen molar-refractivity contribution in [1.82, 2.24) is 10.3 Å². The predicted octanol–water partition coefficient (Wildman–Crippen LogP) is 3.24.